The van der Waals surface area contributed by atoms with Gasteiger partial charge in [0.1, 0.15) is 0 Å². The molecule has 0 saturated carbocycles. The molecule has 3 unspecified atom stereocenters. The van der Waals surface area contributed by atoms with Crippen molar-refractivity contribution in [2.24, 2.45) is 11.8 Å². The topological polar surface area (TPSA) is 35.6 Å². The molecule has 4 heteroatoms. The third-order valence-corrected chi connectivity index (χ3v) is 6.87. The van der Waals surface area contributed by atoms with Gasteiger partial charge in [-0.1, -0.05) is 30.3 Å². The van der Waals surface area contributed by atoms with E-state index >= 15 is 0 Å². The van der Waals surface area contributed by atoms with Crippen LogP contribution in [-0.4, -0.2) is 54.0 Å². The summed E-state index contributed by atoms with van der Waals surface area (Å²) < 4.78 is 0. The van der Waals surface area contributed by atoms with Crippen LogP contribution < -0.4 is 5.32 Å². The van der Waals surface area contributed by atoms with Gasteiger partial charge in [-0.15, -0.1) is 0 Å². The van der Waals surface area contributed by atoms with Gasteiger partial charge in [-0.3, -0.25) is 9.69 Å². The van der Waals surface area contributed by atoms with E-state index in [9.17, 15) is 4.79 Å². The van der Waals surface area contributed by atoms with E-state index in [4.69, 9.17) is 0 Å². The molecule has 4 rings (SSSR count). The third-order valence-electron chi connectivity index (χ3n) is 6.87. The first-order chi connectivity index (χ1) is 13.2. The van der Waals surface area contributed by atoms with Gasteiger partial charge in [-0.2, -0.15) is 0 Å². The highest BCUT2D eigenvalue weighted by atomic mass is 16.2. The number of likely N-dealkylation sites (tertiary alicyclic amines) is 1. The van der Waals surface area contributed by atoms with Crippen LogP contribution in [0.25, 0.3) is 0 Å². The predicted octanol–water partition coefficient (Wildman–Crippen LogP) is 3.28. The number of nitrogens with one attached hydrogen (secondary N) is 1. The summed E-state index contributed by atoms with van der Waals surface area (Å²) in [4.78, 5) is 17.6. The van der Waals surface area contributed by atoms with Crippen LogP contribution in [0.4, 0.5) is 0 Å². The van der Waals surface area contributed by atoms with Crippen molar-refractivity contribution < 1.29 is 4.79 Å². The van der Waals surface area contributed by atoms with Crippen LogP contribution in [0.5, 0.6) is 0 Å². The van der Waals surface area contributed by atoms with E-state index in [1.165, 1.54) is 37.7 Å². The Morgan fingerprint density at radius 2 is 1.85 bits per heavy atom. The molecule has 0 aromatic heterocycles. The van der Waals surface area contributed by atoms with Gasteiger partial charge in [0.2, 0.25) is 5.91 Å². The first-order valence-corrected chi connectivity index (χ1v) is 11.0. The molecule has 1 amide bonds. The van der Waals surface area contributed by atoms with E-state index in [1.54, 1.807) is 0 Å². The molecule has 0 radical (unpaired) electrons. The minimum Gasteiger partial charge on any atom is -0.343 e. The largest absolute Gasteiger partial charge is 0.343 e. The molecule has 148 valence electrons. The average molecular weight is 370 g/mol. The summed E-state index contributed by atoms with van der Waals surface area (Å²) in [6, 6.07) is 12.1. The Bertz CT molecular complexity index is 607. The number of rotatable bonds is 7. The van der Waals surface area contributed by atoms with Crippen LogP contribution in [0.15, 0.2) is 30.3 Å². The molecular formula is C23H35N3O. The van der Waals surface area contributed by atoms with Gasteiger partial charge < -0.3 is 10.2 Å². The van der Waals surface area contributed by atoms with Crippen molar-refractivity contribution >= 4 is 5.91 Å². The lowest BCUT2D eigenvalue weighted by atomic mass is 9.89. The molecule has 27 heavy (non-hydrogen) atoms. The standard InChI is InChI=1S/C23H35N3O/c1-2-26(23(27)14-20-12-21-8-9-22(13-20)24-21)17-19-10-11-25(16-19)15-18-6-4-3-5-7-18/h3-7,19-22,24H,2,8-17H2,1H3. The Balaban J connectivity index is 1.24. The van der Waals surface area contributed by atoms with Gasteiger partial charge in [-0.05, 0) is 63.0 Å². The molecule has 3 fully saturated rings. The number of fused-ring (bicyclic) bond motifs is 2. The van der Waals surface area contributed by atoms with Crippen molar-refractivity contribution in [3.63, 3.8) is 0 Å². The Morgan fingerprint density at radius 1 is 1.11 bits per heavy atom. The van der Waals surface area contributed by atoms with Gasteiger partial charge in [0.05, 0.1) is 0 Å². The molecular weight excluding hydrogens is 334 g/mol. The molecule has 3 aliphatic heterocycles. The van der Waals surface area contributed by atoms with Gasteiger partial charge >= 0.3 is 0 Å². The van der Waals surface area contributed by atoms with Crippen molar-refractivity contribution in [3.8, 4) is 0 Å². The fourth-order valence-corrected chi connectivity index (χ4v) is 5.48. The first-order valence-electron chi connectivity index (χ1n) is 11.0. The van der Waals surface area contributed by atoms with Crippen LogP contribution in [0.1, 0.15) is 51.0 Å². The number of hydrogen-bond acceptors (Lipinski definition) is 3. The van der Waals surface area contributed by atoms with Gasteiger partial charge in [0, 0.05) is 44.7 Å². The highest BCUT2D eigenvalue weighted by Crippen LogP contribution is 2.33. The van der Waals surface area contributed by atoms with E-state index < -0.39 is 0 Å². The van der Waals surface area contributed by atoms with Crippen LogP contribution in [-0.2, 0) is 11.3 Å². The fraction of sp³-hybridized carbons (Fsp3) is 0.696. The summed E-state index contributed by atoms with van der Waals surface area (Å²) in [5.41, 5.74) is 1.39. The maximum absolute atomic E-state index is 12.9. The second-order valence-corrected chi connectivity index (χ2v) is 8.99. The van der Waals surface area contributed by atoms with Gasteiger partial charge in [0.15, 0.2) is 0 Å². The molecule has 3 atom stereocenters. The normalized spacial score (nSPS) is 30.6. The zero-order chi connectivity index (χ0) is 18.6. The lowest BCUT2D eigenvalue weighted by Crippen LogP contribution is -2.41. The Labute approximate surface area is 164 Å². The Morgan fingerprint density at radius 3 is 2.56 bits per heavy atom. The molecule has 1 aromatic carbocycles. The predicted molar refractivity (Wildman–Crippen MR) is 109 cm³/mol. The van der Waals surface area contributed by atoms with Crippen LogP contribution >= 0.6 is 0 Å². The van der Waals surface area contributed by atoms with Crippen molar-refractivity contribution in [1.29, 1.82) is 0 Å². The number of benzene rings is 1. The van der Waals surface area contributed by atoms with E-state index in [2.05, 4.69) is 52.4 Å². The lowest BCUT2D eigenvalue weighted by molar-refractivity contribution is -0.132. The Hall–Kier alpha value is -1.39. The molecule has 2 bridgehead atoms. The minimum absolute atomic E-state index is 0.394. The van der Waals surface area contributed by atoms with Crippen LogP contribution in [0.3, 0.4) is 0 Å². The second-order valence-electron chi connectivity index (χ2n) is 8.99. The van der Waals surface area contributed by atoms with E-state index in [-0.39, 0.29) is 0 Å². The molecule has 3 heterocycles. The quantitative estimate of drug-likeness (QED) is 0.801. The zero-order valence-corrected chi connectivity index (χ0v) is 16.8. The highest BCUT2D eigenvalue weighted by Gasteiger charge is 2.35. The SMILES string of the molecule is CCN(CC1CCN(Cc2ccccc2)C1)C(=O)CC1CC2CCC(C1)N2. The summed E-state index contributed by atoms with van der Waals surface area (Å²) >= 11 is 0. The first kappa shape index (κ1) is 18.9. The average Bonchev–Trinajstić information content (AvgIpc) is 3.26. The molecule has 4 nitrogen and oxygen atoms in total. The summed E-state index contributed by atoms with van der Waals surface area (Å²) in [5, 5.41) is 3.69. The smallest absolute Gasteiger partial charge is 0.222 e. The zero-order valence-electron chi connectivity index (χ0n) is 16.8. The minimum atomic E-state index is 0.394. The monoisotopic (exact) mass is 369 g/mol. The Kier molecular flexibility index (Phi) is 6.14. The number of carbonyl (C=O) groups is 1. The van der Waals surface area contributed by atoms with Gasteiger partial charge in [0.25, 0.3) is 0 Å². The van der Waals surface area contributed by atoms with E-state index in [0.717, 1.165) is 39.1 Å². The van der Waals surface area contributed by atoms with Crippen molar-refractivity contribution in [3.05, 3.63) is 35.9 Å². The summed E-state index contributed by atoms with van der Waals surface area (Å²) in [6.45, 7) is 7.25. The molecule has 0 aliphatic carbocycles. The number of nitrogens with zero attached hydrogens (tertiary/aromatic N) is 2. The van der Waals surface area contributed by atoms with E-state index in [1.807, 2.05) is 0 Å². The molecule has 1 aromatic rings. The summed E-state index contributed by atoms with van der Waals surface area (Å²) in [5.74, 6) is 1.62. The maximum Gasteiger partial charge on any atom is 0.222 e. The van der Waals surface area contributed by atoms with Gasteiger partial charge in [-0.25, -0.2) is 0 Å². The number of hydrogen-bond donors (Lipinski definition) is 1. The van der Waals surface area contributed by atoms with Crippen molar-refractivity contribution in [2.45, 2.75) is 64.1 Å². The van der Waals surface area contributed by atoms with E-state index in [0.29, 0.717) is 29.8 Å². The van der Waals surface area contributed by atoms with Crippen molar-refractivity contribution in [2.75, 3.05) is 26.2 Å². The number of amides is 1. The highest BCUT2D eigenvalue weighted by molar-refractivity contribution is 5.76. The molecule has 1 N–H and O–H groups in total. The number of carbonyl (C=O) groups excluding carboxylic acids is 1. The fourth-order valence-electron chi connectivity index (χ4n) is 5.48. The second kappa shape index (κ2) is 8.74. The summed E-state index contributed by atoms with van der Waals surface area (Å²) in [7, 11) is 0. The molecule has 3 saturated heterocycles. The lowest BCUT2D eigenvalue weighted by Gasteiger charge is -2.31. The number of piperidine rings is 1. The van der Waals surface area contributed by atoms with Crippen LogP contribution in [0.2, 0.25) is 0 Å². The molecule has 3 aliphatic rings. The third kappa shape index (κ3) is 4.91. The maximum atomic E-state index is 12.9. The molecule has 0 spiro atoms. The summed E-state index contributed by atoms with van der Waals surface area (Å²) in [6.07, 6.45) is 7.01. The van der Waals surface area contributed by atoms with Crippen molar-refractivity contribution in [1.82, 2.24) is 15.1 Å². The van der Waals surface area contributed by atoms with Crippen LogP contribution in [0, 0.1) is 11.8 Å².